The maximum atomic E-state index is 13.6. The van der Waals surface area contributed by atoms with E-state index in [0.29, 0.717) is 0 Å². The Hall–Kier alpha value is -3.11. The zero-order valence-corrected chi connectivity index (χ0v) is 20.0. The number of benzene rings is 4. The summed E-state index contributed by atoms with van der Waals surface area (Å²) in [6, 6.07) is 29.5. The number of hydrogen-bond acceptors (Lipinski definition) is 0. The smallest absolute Gasteiger partial charge is 0.171 e. The Morgan fingerprint density at radius 2 is 1.06 bits per heavy atom. The first-order valence-electron chi connectivity index (χ1n) is 11.8. The van der Waals surface area contributed by atoms with Crippen molar-refractivity contribution in [2.24, 2.45) is 0 Å². The summed E-state index contributed by atoms with van der Waals surface area (Å²) in [5, 5.41) is 2.32. The largest absolute Gasteiger partial charge is 0.388 e. The predicted molar refractivity (Wildman–Crippen MR) is 136 cm³/mol. The van der Waals surface area contributed by atoms with Gasteiger partial charge in [-0.15, -0.1) is 0 Å². The highest BCUT2D eigenvalue weighted by atomic mass is 28.3. The van der Waals surface area contributed by atoms with Crippen LogP contribution in [0.4, 0.5) is 13.2 Å². The van der Waals surface area contributed by atoms with E-state index in [1.54, 1.807) is 0 Å². The van der Waals surface area contributed by atoms with Crippen molar-refractivity contribution in [3.05, 3.63) is 107 Å². The number of alkyl halides is 3. The molecule has 2 aliphatic rings. The highest BCUT2D eigenvalue weighted by Gasteiger charge is 2.42. The van der Waals surface area contributed by atoms with E-state index in [1.807, 2.05) is 36.4 Å². The van der Waals surface area contributed by atoms with Gasteiger partial charge in [-0.3, -0.25) is 0 Å². The van der Waals surface area contributed by atoms with Crippen molar-refractivity contribution < 1.29 is 13.2 Å². The van der Waals surface area contributed by atoms with Crippen LogP contribution in [0, 0.1) is 0 Å². The quantitative estimate of drug-likeness (QED) is 0.244. The van der Waals surface area contributed by atoms with E-state index in [4.69, 9.17) is 0 Å². The van der Waals surface area contributed by atoms with E-state index in [9.17, 15) is 13.2 Å². The summed E-state index contributed by atoms with van der Waals surface area (Å²) in [4.78, 5) is 0. The Morgan fingerprint density at radius 1 is 0.618 bits per heavy atom. The van der Waals surface area contributed by atoms with Gasteiger partial charge in [-0.05, 0) is 63.4 Å². The lowest BCUT2D eigenvalue weighted by atomic mass is 10.1. The number of halogens is 3. The van der Waals surface area contributed by atoms with E-state index in [1.165, 1.54) is 44.5 Å². The molecule has 0 radical (unpaired) electrons. The Bertz CT molecular complexity index is 1320. The molecule has 0 heterocycles. The van der Waals surface area contributed by atoms with Crippen molar-refractivity contribution in [2.75, 3.05) is 0 Å². The fraction of sp³-hybridized carbons (Fsp3) is 0.200. The first-order valence-corrected chi connectivity index (χ1v) is 14.5. The minimum Gasteiger partial charge on any atom is -0.171 e. The van der Waals surface area contributed by atoms with Crippen LogP contribution in [0.1, 0.15) is 28.7 Å². The molecule has 0 saturated heterocycles. The van der Waals surface area contributed by atoms with Gasteiger partial charge in [0.1, 0.15) is 8.07 Å². The van der Waals surface area contributed by atoms with Gasteiger partial charge in [-0.25, -0.2) is 0 Å². The van der Waals surface area contributed by atoms with Gasteiger partial charge < -0.3 is 0 Å². The molecule has 4 heteroatoms. The van der Waals surface area contributed by atoms with Crippen LogP contribution in [-0.4, -0.2) is 14.3 Å². The molecule has 0 aliphatic heterocycles. The molecule has 4 aromatic rings. The van der Waals surface area contributed by atoms with Gasteiger partial charge in [0, 0.05) is 6.42 Å². The van der Waals surface area contributed by atoms with Gasteiger partial charge in [-0.1, -0.05) is 102 Å². The minimum atomic E-state index is -4.17. The van der Waals surface area contributed by atoms with Crippen LogP contribution < -0.4 is 10.4 Å². The molecule has 0 nitrogen and oxygen atoms in total. The molecule has 170 valence electrons. The summed E-state index contributed by atoms with van der Waals surface area (Å²) >= 11 is 0. The molecular weight excluding hydrogens is 445 g/mol. The summed E-state index contributed by atoms with van der Waals surface area (Å²) in [5.41, 5.74) is 9.81. The van der Waals surface area contributed by atoms with Gasteiger partial charge >= 0.3 is 6.18 Å². The fourth-order valence-electron chi connectivity index (χ4n) is 6.15. The van der Waals surface area contributed by atoms with Crippen molar-refractivity contribution in [1.82, 2.24) is 0 Å². The lowest BCUT2D eigenvalue weighted by molar-refractivity contribution is -0.130. The Morgan fingerprint density at radius 3 is 1.53 bits per heavy atom. The second-order valence-corrected chi connectivity index (χ2v) is 14.0. The zero-order valence-electron chi connectivity index (χ0n) is 19.0. The summed E-state index contributed by atoms with van der Waals surface area (Å²) in [6.07, 6.45) is -3.32. The second kappa shape index (κ2) is 7.71. The summed E-state index contributed by atoms with van der Waals surface area (Å²) < 4.78 is 40.9. The number of rotatable bonds is 4. The summed E-state index contributed by atoms with van der Waals surface area (Å²) in [5.74, 6) is 0. The highest BCUT2D eigenvalue weighted by molar-refractivity contribution is 7.02. The normalized spacial score (nSPS) is 13.9. The average Bonchev–Trinajstić information content (AvgIpc) is 3.40. The molecule has 0 amide bonds. The molecule has 34 heavy (non-hydrogen) atoms. The zero-order chi connectivity index (χ0) is 23.5. The van der Waals surface area contributed by atoms with Crippen molar-refractivity contribution in [3.63, 3.8) is 0 Å². The van der Waals surface area contributed by atoms with Gasteiger partial charge in [0.15, 0.2) is 0 Å². The van der Waals surface area contributed by atoms with Crippen LogP contribution in [0.2, 0.25) is 12.6 Å². The lowest BCUT2D eigenvalue weighted by Gasteiger charge is -2.33. The topological polar surface area (TPSA) is 0 Å². The van der Waals surface area contributed by atoms with Crippen LogP contribution in [-0.2, 0) is 12.8 Å². The minimum absolute atomic E-state index is 0.163. The second-order valence-electron chi connectivity index (χ2n) is 9.78. The third-order valence-electron chi connectivity index (χ3n) is 7.80. The van der Waals surface area contributed by atoms with E-state index in [-0.39, 0.29) is 6.04 Å². The van der Waals surface area contributed by atoms with Crippen LogP contribution >= 0.6 is 0 Å². The summed E-state index contributed by atoms with van der Waals surface area (Å²) in [6.45, 7) is 2.16. The Balaban J connectivity index is 1.55. The molecule has 0 spiro atoms. The van der Waals surface area contributed by atoms with Gasteiger partial charge in [0.2, 0.25) is 0 Å². The first kappa shape index (κ1) is 21.4. The van der Waals surface area contributed by atoms with E-state index >= 15 is 0 Å². The van der Waals surface area contributed by atoms with Crippen molar-refractivity contribution in [3.8, 4) is 22.3 Å². The average molecular weight is 471 g/mol. The fourth-order valence-corrected chi connectivity index (χ4v) is 10.5. The monoisotopic (exact) mass is 470 g/mol. The van der Waals surface area contributed by atoms with Gasteiger partial charge in [-0.2, -0.15) is 13.2 Å². The molecule has 0 unspecified atom stereocenters. The van der Waals surface area contributed by atoms with Crippen LogP contribution in [0.5, 0.6) is 0 Å². The van der Waals surface area contributed by atoms with Gasteiger partial charge in [0.05, 0.1) is 0 Å². The maximum Gasteiger partial charge on any atom is 0.388 e. The number of hydrogen-bond donors (Lipinski definition) is 0. The molecule has 0 atom stereocenters. The van der Waals surface area contributed by atoms with E-state index < -0.39 is 20.7 Å². The predicted octanol–water partition coefficient (Wildman–Crippen LogP) is 6.97. The molecule has 0 fully saturated rings. The third-order valence-corrected chi connectivity index (χ3v) is 12.4. The number of fused-ring (bicyclic) bond motifs is 6. The molecule has 0 saturated carbocycles. The van der Waals surface area contributed by atoms with Crippen LogP contribution in [0.3, 0.4) is 0 Å². The Labute approximate surface area is 199 Å². The summed E-state index contributed by atoms with van der Waals surface area (Å²) in [7, 11) is -2.72. The highest BCUT2D eigenvalue weighted by Crippen LogP contribution is 2.40. The van der Waals surface area contributed by atoms with E-state index in [0.717, 1.165) is 23.2 Å². The molecule has 0 bridgehead atoms. The van der Waals surface area contributed by atoms with Gasteiger partial charge in [0.25, 0.3) is 0 Å². The molecule has 2 aliphatic carbocycles. The van der Waals surface area contributed by atoms with Crippen molar-refractivity contribution >= 4 is 18.4 Å². The van der Waals surface area contributed by atoms with Crippen LogP contribution in [0.15, 0.2) is 84.9 Å². The standard InChI is InChI=1S/C30H25F3Si/c1-34(17-16-30(31,32)33,28-14-6-12-24-22-10-4-2-8-20(22)18-26(24)28)29-15-7-13-25-23-11-5-3-9-21(23)19-27(25)29/h2-15H,16-19H2,1H3. The molecule has 6 rings (SSSR count). The van der Waals surface area contributed by atoms with Crippen molar-refractivity contribution in [2.45, 2.75) is 38.0 Å². The third kappa shape index (κ3) is 3.35. The maximum absolute atomic E-state index is 13.6. The first-order chi connectivity index (χ1) is 16.4. The SMILES string of the molecule is C[Si](CCC(F)(F)F)(c1cccc2c1Cc1ccccc1-2)c1cccc2c1Cc1ccccc1-2. The lowest BCUT2D eigenvalue weighted by Crippen LogP contribution is -2.58. The molecule has 4 aromatic carbocycles. The molecule has 0 N–H and O–H groups in total. The Kier molecular flexibility index (Phi) is 4.86. The molecule has 0 aromatic heterocycles. The van der Waals surface area contributed by atoms with E-state index in [2.05, 4.69) is 55.1 Å². The van der Waals surface area contributed by atoms with Crippen molar-refractivity contribution in [1.29, 1.82) is 0 Å². The molecular formula is C30H25F3Si. The van der Waals surface area contributed by atoms with Crippen LogP contribution in [0.25, 0.3) is 22.3 Å².